The molecule has 1 aliphatic heterocycles. The Kier molecular flexibility index (Phi) is 3.77. The molecule has 1 aromatic carbocycles. The molecule has 0 bridgehead atoms. The summed E-state index contributed by atoms with van der Waals surface area (Å²) < 4.78 is 5.56. The molecule has 4 N–H and O–H groups in total. The van der Waals surface area contributed by atoms with E-state index in [9.17, 15) is 4.79 Å². The highest BCUT2D eigenvalue weighted by Crippen LogP contribution is 2.37. The maximum atomic E-state index is 12.0. The average Bonchev–Trinajstić information content (AvgIpc) is 2.79. The molecule has 1 saturated heterocycles. The van der Waals surface area contributed by atoms with Crippen LogP contribution in [0.2, 0.25) is 10.0 Å². The lowest BCUT2D eigenvalue weighted by Gasteiger charge is -2.45. The van der Waals surface area contributed by atoms with Crippen molar-refractivity contribution >= 4 is 34.9 Å². The Hall–Kier alpha value is -1.01. The van der Waals surface area contributed by atoms with Crippen LogP contribution in [0.1, 0.15) is 6.42 Å². The van der Waals surface area contributed by atoms with E-state index in [4.69, 9.17) is 33.7 Å². The number of carbonyl (C=O) groups excluding carboxylic acids is 1. The van der Waals surface area contributed by atoms with Gasteiger partial charge in [0, 0.05) is 34.3 Å². The molecule has 4 unspecified atom stereocenters. The molecule has 4 atom stereocenters. The van der Waals surface area contributed by atoms with E-state index in [1.807, 2.05) is 0 Å². The second kappa shape index (κ2) is 5.41. The third-order valence-electron chi connectivity index (χ3n) is 3.86. The van der Waals surface area contributed by atoms with Crippen LogP contribution in [0.4, 0.5) is 10.5 Å². The van der Waals surface area contributed by atoms with Crippen molar-refractivity contribution in [2.45, 2.75) is 24.6 Å². The first-order valence-corrected chi connectivity index (χ1v) is 7.21. The molecule has 7 heteroatoms. The van der Waals surface area contributed by atoms with Gasteiger partial charge >= 0.3 is 6.03 Å². The van der Waals surface area contributed by atoms with Crippen molar-refractivity contribution in [3.63, 3.8) is 0 Å². The van der Waals surface area contributed by atoms with E-state index >= 15 is 0 Å². The van der Waals surface area contributed by atoms with Crippen LogP contribution in [0.5, 0.6) is 0 Å². The summed E-state index contributed by atoms with van der Waals surface area (Å²) >= 11 is 11.8. The van der Waals surface area contributed by atoms with Crippen LogP contribution in [0.3, 0.4) is 0 Å². The van der Waals surface area contributed by atoms with Gasteiger partial charge in [0.05, 0.1) is 12.1 Å². The van der Waals surface area contributed by atoms with Crippen molar-refractivity contribution < 1.29 is 9.53 Å². The number of benzene rings is 1. The number of ether oxygens (including phenoxy) is 1. The van der Waals surface area contributed by atoms with E-state index in [1.165, 1.54) is 0 Å². The molecule has 0 radical (unpaired) electrons. The molecule has 3 rings (SSSR count). The second-order valence-electron chi connectivity index (χ2n) is 5.15. The largest absolute Gasteiger partial charge is 0.376 e. The monoisotopic (exact) mass is 315 g/mol. The first-order chi connectivity index (χ1) is 9.54. The van der Waals surface area contributed by atoms with E-state index in [2.05, 4.69) is 10.6 Å². The van der Waals surface area contributed by atoms with Gasteiger partial charge in [-0.1, -0.05) is 23.2 Å². The topological polar surface area (TPSA) is 76.4 Å². The molecule has 1 aliphatic carbocycles. The highest BCUT2D eigenvalue weighted by molar-refractivity contribution is 6.35. The minimum Gasteiger partial charge on any atom is -0.376 e. The third kappa shape index (κ3) is 2.59. The molecule has 1 heterocycles. The summed E-state index contributed by atoms with van der Waals surface area (Å²) in [5.41, 5.74) is 6.57. The Morgan fingerprint density at radius 3 is 2.70 bits per heavy atom. The first-order valence-electron chi connectivity index (χ1n) is 6.45. The summed E-state index contributed by atoms with van der Waals surface area (Å²) in [6.07, 6.45) is 1.01. The molecule has 0 aromatic heterocycles. The quantitative estimate of drug-likeness (QED) is 0.783. The highest BCUT2D eigenvalue weighted by Gasteiger charge is 2.52. The highest BCUT2D eigenvalue weighted by atomic mass is 35.5. The Labute approximate surface area is 126 Å². The lowest BCUT2D eigenvalue weighted by Crippen LogP contribution is -2.69. The summed E-state index contributed by atoms with van der Waals surface area (Å²) in [4.78, 5) is 12.0. The molecular weight excluding hydrogens is 301 g/mol. The summed E-state index contributed by atoms with van der Waals surface area (Å²) in [6, 6.07) is 4.34. The molecule has 0 spiro atoms. The summed E-state index contributed by atoms with van der Waals surface area (Å²) in [6.45, 7) is 0.715. The second-order valence-corrected chi connectivity index (χ2v) is 6.02. The SMILES string of the molecule is NC1C2CCOC2C1NC(=O)Nc1cc(Cl)cc(Cl)c1. The molecule has 2 amide bonds. The van der Waals surface area contributed by atoms with Crippen molar-refractivity contribution in [2.75, 3.05) is 11.9 Å². The Balaban J connectivity index is 1.60. The lowest BCUT2D eigenvalue weighted by molar-refractivity contribution is -0.0128. The van der Waals surface area contributed by atoms with Gasteiger partial charge < -0.3 is 21.1 Å². The van der Waals surface area contributed by atoms with Crippen molar-refractivity contribution in [1.29, 1.82) is 0 Å². The molecule has 1 aromatic rings. The number of fused-ring (bicyclic) bond motifs is 1. The van der Waals surface area contributed by atoms with Gasteiger partial charge in [0.15, 0.2) is 0 Å². The van der Waals surface area contributed by atoms with Crippen molar-refractivity contribution in [3.8, 4) is 0 Å². The van der Waals surface area contributed by atoms with Crippen LogP contribution in [0.25, 0.3) is 0 Å². The normalized spacial score (nSPS) is 31.4. The van der Waals surface area contributed by atoms with Gasteiger partial charge in [-0.2, -0.15) is 0 Å². The maximum absolute atomic E-state index is 12.0. The number of urea groups is 1. The van der Waals surface area contributed by atoms with Gasteiger partial charge in [0.1, 0.15) is 0 Å². The zero-order valence-electron chi connectivity index (χ0n) is 10.6. The van der Waals surface area contributed by atoms with Gasteiger partial charge in [-0.3, -0.25) is 0 Å². The van der Waals surface area contributed by atoms with E-state index in [0.717, 1.165) is 6.42 Å². The number of hydrogen-bond donors (Lipinski definition) is 3. The van der Waals surface area contributed by atoms with Crippen LogP contribution in [0, 0.1) is 5.92 Å². The number of amides is 2. The summed E-state index contributed by atoms with van der Waals surface area (Å²) in [7, 11) is 0. The summed E-state index contributed by atoms with van der Waals surface area (Å²) in [5.74, 6) is 0.362. The zero-order chi connectivity index (χ0) is 14.3. The predicted octanol–water partition coefficient (Wildman–Crippen LogP) is 2.23. The van der Waals surface area contributed by atoms with E-state index < -0.39 is 0 Å². The molecule has 1 saturated carbocycles. The van der Waals surface area contributed by atoms with Crippen LogP contribution >= 0.6 is 23.2 Å². The molecule has 20 heavy (non-hydrogen) atoms. The minimum absolute atomic E-state index is 0.0405. The van der Waals surface area contributed by atoms with E-state index in [0.29, 0.717) is 28.3 Å². The smallest absolute Gasteiger partial charge is 0.319 e. The van der Waals surface area contributed by atoms with Gasteiger partial charge in [0.2, 0.25) is 0 Å². The minimum atomic E-state index is -0.335. The zero-order valence-corrected chi connectivity index (χ0v) is 12.1. The molecule has 2 aliphatic rings. The number of anilines is 1. The van der Waals surface area contributed by atoms with Crippen LogP contribution in [-0.4, -0.2) is 30.8 Å². The number of hydrogen-bond acceptors (Lipinski definition) is 3. The van der Waals surface area contributed by atoms with Crippen molar-refractivity contribution in [1.82, 2.24) is 5.32 Å². The van der Waals surface area contributed by atoms with Gasteiger partial charge in [-0.25, -0.2) is 4.79 Å². The fraction of sp³-hybridized carbons (Fsp3) is 0.462. The number of nitrogens with two attached hydrogens (primary N) is 1. The number of halogens is 2. The standard InChI is InChI=1S/C13H15Cl2N3O2/c14-6-3-7(15)5-8(4-6)17-13(19)18-11-10(16)9-1-2-20-12(9)11/h3-5,9-12H,1-2,16H2,(H2,17,18,19). The van der Waals surface area contributed by atoms with Gasteiger partial charge in [-0.05, 0) is 24.6 Å². The predicted molar refractivity (Wildman–Crippen MR) is 78.2 cm³/mol. The van der Waals surface area contributed by atoms with Gasteiger partial charge in [0.25, 0.3) is 0 Å². The number of rotatable bonds is 2. The Morgan fingerprint density at radius 2 is 2.00 bits per heavy atom. The van der Waals surface area contributed by atoms with Gasteiger partial charge in [-0.15, -0.1) is 0 Å². The number of carbonyl (C=O) groups is 1. The first kappa shape index (κ1) is 13.9. The molecule has 108 valence electrons. The molecule has 5 nitrogen and oxygen atoms in total. The van der Waals surface area contributed by atoms with Crippen LogP contribution < -0.4 is 16.4 Å². The molecule has 2 fully saturated rings. The Morgan fingerprint density at radius 1 is 1.30 bits per heavy atom. The third-order valence-corrected chi connectivity index (χ3v) is 4.30. The van der Waals surface area contributed by atoms with E-state index in [-0.39, 0.29) is 24.2 Å². The summed E-state index contributed by atoms with van der Waals surface area (Å²) in [5, 5.41) is 6.46. The number of nitrogens with one attached hydrogen (secondary N) is 2. The maximum Gasteiger partial charge on any atom is 0.319 e. The Bertz CT molecular complexity index is 520. The lowest BCUT2D eigenvalue weighted by atomic mass is 9.72. The fourth-order valence-electron chi connectivity index (χ4n) is 2.87. The van der Waals surface area contributed by atoms with Crippen molar-refractivity contribution in [3.05, 3.63) is 28.2 Å². The van der Waals surface area contributed by atoms with Crippen LogP contribution in [0.15, 0.2) is 18.2 Å². The van der Waals surface area contributed by atoms with E-state index in [1.54, 1.807) is 18.2 Å². The molecular formula is C13H15Cl2N3O2. The fourth-order valence-corrected chi connectivity index (χ4v) is 3.40. The average molecular weight is 316 g/mol. The van der Waals surface area contributed by atoms with Crippen LogP contribution in [-0.2, 0) is 4.74 Å². The van der Waals surface area contributed by atoms with Crippen molar-refractivity contribution in [2.24, 2.45) is 11.7 Å².